The molecule has 9 heavy (non-hydrogen) atoms. The highest BCUT2D eigenvalue weighted by Crippen LogP contribution is 2.19. The lowest BCUT2D eigenvalue weighted by atomic mass is 10.4. The summed E-state index contributed by atoms with van der Waals surface area (Å²) >= 11 is 7.38. The SMILES string of the molecule is Fc1[c]ccc(Cl)c1I. The fourth-order valence-electron chi connectivity index (χ4n) is 0.429. The van der Waals surface area contributed by atoms with Crippen LogP contribution in [-0.4, -0.2) is 0 Å². The van der Waals surface area contributed by atoms with Crippen molar-refractivity contribution in [1.82, 2.24) is 0 Å². The van der Waals surface area contributed by atoms with E-state index in [1.807, 2.05) is 22.6 Å². The minimum Gasteiger partial charge on any atom is -0.205 e. The molecule has 0 amide bonds. The van der Waals surface area contributed by atoms with Gasteiger partial charge in [-0.2, -0.15) is 0 Å². The first kappa shape index (κ1) is 7.28. The van der Waals surface area contributed by atoms with Crippen LogP contribution in [0.3, 0.4) is 0 Å². The summed E-state index contributed by atoms with van der Waals surface area (Å²) in [6.45, 7) is 0. The Labute approximate surface area is 71.2 Å². The number of hydrogen-bond acceptors (Lipinski definition) is 0. The number of benzene rings is 1. The van der Waals surface area contributed by atoms with Crippen LogP contribution in [-0.2, 0) is 0 Å². The molecule has 0 aliphatic heterocycles. The maximum Gasteiger partial charge on any atom is 0.145 e. The van der Waals surface area contributed by atoms with Crippen LogP contribution >= 0.6 is 34.2 Å². The molecule has 1 aromatic carbocycles. The molecule has 0 nitrogen and oxygen atoms in total. The number of rotatable bonds is 0. The van der Waals surface area contributed by atoms with Gasteiger partial charge in [0.2, 0.25) is 0 Å². The van der Waals surface area contributed by atoms with Gasteiger partial charge in [0.25, 0.3) is 0 Å². The topological polar surface area (TPSA) is 0 Å². The van der Waals surface area contributed by atoms with Crippen molar-refractivity contribution in [3.8, 4) is 0 Å². The van der Waals surface area contributed by atoms with E-state index in [9.17, 15) is 4.39 Å². The predicted molar refractivity (Wildman–Crippen MR) is 43.0 cm³/mol. The summed E-state index contributed by atoms with van der Waals surface area (Å²) in [5.74, 6) is -0.386. The van der Waals surface area contributed by atoms with Gasteiger partial charge in [0.1, 0.15) is 5.82 Å². The standard InChI is InChI=1S/C6H2ClFI/c7-4-2-1-3-5(8)6(4)9/h1-2H. The molecule has 3 heteroatoms. The molecule has 0 aliphatic carbocycles. The Bertz CT molecular complexity index is 204. The van der Waals surface area contributed by atoms with Gasteiger partial charge in [0.15, 0.2) is 0 Å². The zero-order chi connectivity index (χ0) is 6.85. The van der Waals surface area contributed by atoms with E-state index < -0.39 is 0 Å². The molecule has 1 rings (SSSR count). The van der Waals surface area contributed by atoms with Crippen LogP contribution in [0.4, 0.5) is 4.39 Å². The molecule has 0 atom stereocenters. The molecule has 0 fully saturated rings. The average molecular weight is 255 g/mol. The first-order valence-corrected chi connectivity index (χ1v) is 3.68. The molecule has 47 valence electrons. The molecular formula is C6H2ClFI. The number of halogens is 3. The van der Waals surface area contributed by atoms with Gasteiger partial charge in [-0.25, -0.2) is 4.39 Å². The van der Waals surface area contributed by atoms with E-state index in [0.29, 0.717) is 8.59 Å². The van der Waals surface area contributed by atoms with Crippen LogP contribution < -0.4 is 0 Å². The maximum atomic E-state index is 12.4. The highest BCUT2D eigenvalue weighted by Gasteiger charge is 2.00. The zero-order valence-corrected chi connectivity index (χ0v) is 7.20. The van der Waals surface area contributed by atoms with Crippen molar-refractivity contribution in [2.75, 3.05) is 0 Å². The van der Waals surface area contributed by atoms with Crippen molar-refractivity contribution in [3.05, 3.63) is 32.6 Å². The fourth-order valence-corrected chi connectivity index (χ4v) is 0.911. The Morgan fingerprint density at radius 1 is 1.67 bits per heavy atom. The van der Waals surface area contributed by atoms with Gasteiger partial charge in [0.05, 0.1) is 8.59 Å². The lowest BCUT2D eigenvalue weighted by Crippen LogP contribution is -1.80. The number of hydrogen-bond donors (Lipinski definition) is 0. The molecule has 0 saturated heterocycles. The smallest absolute Gasteiger partial charge is 0.145 e. The van der Waals surface area contributed by atoms with Crippen molar-refractivity contribution in [2.45, 2.75) is 0 Å². The summed E-state index contributed by atoms with van der Waals surface area (Å²) in [5.41, 5.74) is 0. The highest BCUT2D eigenvalue weighted by molar-refractivity contribution is 14.1. The monoisotopic (exact) mass is 255 g/mol. The molecular weight excluding hydrogens is 253 g/mol. The molecule has 0 unspecified atom stereocenters. The van der Waals surface area contributed by atoms with E-state index in [0.717, 1.165) is 0 Å². The van der Waals surface area contributed by atoms with Gasteiger partial charge >= 0.3 is 0 Å². The first-order chi connectivity index (χ1) is 4.22. The summed E-state index contributed by atoms with van der Waals surface area (Å²) in [5, 5.41) is 0.437. The van der Waals surface area contributed by atoms with Gasteiger partial charge < -0.3 is 0 Å². The second-order valence-corrected chi connectivity index (χ2v) is 2.94. The Hall–Kier alpha value is 0.170. The van der Waals surface area contributed by atoms with Crippen molar-refractivity contribution >= 4 is 34.2 Å². The summed E-state index contributed by atoms with van der Waals surface area (Å²) < 4.78 is 12.9. The Kier molecular flexibility index (Phi) is 2.29. The summed E-state index contributed by atoms with van der Waals surface area (Å²) in [7, 11) is 0. The fraction of sp³-hybridized carbons (Fsp3) is 0. The molecule has 1 aromatic rings. The Balaban J connectivity index is 3.25. The van der Waals surface area contributed by atoms with Gasteiger partial charge in [-0.15, -0.1) is 0 Å². The van der Waals surface area contributed by atoms with Gasteiger partial charge in [-0.3, -0.25) is 0 Å². The van der Waals surface area contributed by atoms with Crippen LogP contribution in [0.1, 0.15) is 0 Å². The molecule has 1 radical (unpaired) electrons. The van der Waals surface area contributed by atoms with E-state index in [-0.39, 0.29) is 5.82 Å². The quantitative estimate of drug-likeness (QED) is 0.494. The average Bonchev–Trinajstić information content (AvgIpc) is 1.83. The van der Waals surface area contributed by atoms with Crippen molar-refractivity contribution in [1.29, 1.82) is 0 Å². The minimum absolute atomic E-state index is 0.386. The second kappa shape index (κ2) is 2.84. The van der Waals surface area contributed by atoms with Crippen LogP contribution in [0, 0.1) is 15.5 Å². The first-order valence-electron chi connectivity index (χ1n) is 2.23. The van der Waals surface area contributed by atoms with E-state index in [1.54, 1.807) is 6.07 Å². The van der Waals surface area contributed by atoms with Crippen molar-refractivity contribution in [2.24, 2.45) is 0 Å². The third kappa shape index (κ3) is 1.55. The van der Waals surface area contributed by atoms with E-state index in [4.69, 9.17) is 11.6 Å². The zero-order valence-electron chi connectivity index (χ0n) is 4.29. The lowest BCUT2D eigenvalue weighted by Gasteiger charge is -1.92. The summed E-state index contributed by atoms with van der Waals surface area (Å²) in [6.07, 6.45) is 0. The molecule has 0 spiro atoms. The maximum absolute atomic E-state index is 12.4. The molecule has 0 aliphatic rings. The van der Waals surface area contributed by atoms with Gasteiger partial charge in [-0.05, 0) is 34.7 Å². The second-order valence-electron chi connectivity index (χ2n) is 1.45. The van der Waals surface area contributed by atoms with Gasteiger partial charge in [0, 0.05) is 6.07 Å². The predicted octanol–water partition coefficient (Wildman–Crippen LogP) is 2.88. The molecule has 0 saturated carbocycles. The summed E-state index contributed by atoms with van der Waals surface area (Å²) in [4.78, 5) is 0. The Morgan fingerprint density at radius 3 is 2.78 bits per heavy atom. The third-order valence-corrected chi connectivity index (χ3v) is 2.53. The molecule has 0 N–H and O–H groups in total. The third-order valence-electron chi connectivity index (χ3n) is 0.842. The van der Waals surface area contributed by atoms with Crippen LogP contribution in [0.2, 0.25) is 5.02 Å². The summed E-state index contributed by atoms with van der Waals surface area (Å²) in [6, 6.07) is 5.44. The molecule has 0 aromatic heterocycles. The van der Waals surface area contributed by atoms with Crippen LogP contribution in [0.15, 0.2) is 12.1 Å². The van der Waals surface area contributed by atoms with Crippen LogP contribution in [0.25, 0.3) is 0 Å². The molecule has 0 bridgehead atoms. The van der Waals surface area contributed by atoms with E-state index >= 15 is 0 Å². The van der Waals surface area contributed by atoms with E-state index in [2.05, 4.69) is 6.07 Å². The lowest BCUT2D eigenvalue weighted by molar-refractivity contribution is 0.618. The Morgan fingerprint density at radius 2 is 2.33 bits per heavy atom. The largest absolute Gasteiger partial charge is 0.205 e. The molecule has 0 heterocycles. The normalized spacial score (nSPS) is 9.67. The van der Waals surface area contributed by atoms with Crippen LogP contribution in [0.5, 0.6) is 0 Å². The van der Waals surface area contributed by atoms with Crippen molar-refractivity contribution < 1.29 is 4.39 Å². The van der Waals surface area contributed by atoms with Crippen molar-refractivity contribution in [3.63, 3.8) is 0 Å². The minimum atomic E-state index is -0.386. The van der Waals surface area contributed by atoms with E-state index in [1.165, 1.54) is 6.07 Å². The van der Waals surface area contributed by atoms with Gasteiger partial charge in [-0.1, -0.05) is 11.6 Å². The highest BCUT2D eigenvalue weighted by atomic mass is 127.